The first-order valence-corrected chi connectivity index (χ1v) is 23.2. The molecule has 0 aromatic rings. The lowest BCUT2D eigenvalue weighted by atomic mass is 9.90. The van der Waals surface area contributed by atoms with Gasteiger partial charge in [0.05, 0.1) is 32.0 Å². The molecule has 0 spiro atoms. The summed E-state index contributed by atoms with van der Waals surface area (Å²) in [4.78, 5) is 47.7. The smallest absolute Gasteiger partial charge is 0.462 e. The molecule has 1 aliphatic rings. The first-order valence-electron chi connectivity index (χ1n) is 21.7. The first kappa shape index (κ1) is 53.5. The van der Waals surface area contributed by atoms with Gasteiger partial charge in [0.15, 0.2) is 6.10 Å². The summed E-state index contributed by atoms with van der Waals surface area (Å²) < 4.78 is 32.6. The van der Waals surface area contributed by atoms with Gasteiger partial charge in [-0.25, -0.2) is 4.57 Å². The second-order valence-electron chi connectivity index (χ2n) is 15.1. The zero-order valence-corrected chi connectivity index (χ0v) is 36.1. The molecule has 0 heterocycles. The Morgan fingerprint density at radius 1 is 0.776 bits per heavy atom. The van der Waals surface area contributed by atoms with Crippen LogP contribution in [0, 0.1) is 11.8 Å². The van der Waals surface area contributed by atoms with E-state index in [4.69, 9.17) is 19.1 Å². The number of esters is 2. The topological polar surface area (TPSA) is 206 Å². The highest BCUT2D eigenvalue weighted by molar-refractivity contribution is 7.47. The highest BCUT2D eigenvalue weighted by Crippen LogP contribution is 2.43. The normalized spacial score (nSPS) is 20.1. The molecule has 13 nitrogen and oxygen atoms in total. The van der Waals surface area contributed by atoms with Crippen molar-refractivity contribution < 1.29 is 62.8 Å². The molecule has 7 atom stereocenters. The molecule has 1 saturated carbocycles. The van der Waals surface area contributed by atoms with Gasteiger partial charge < -0.3 is 34.8 Å². The van der Waals surface area contributed by atoms with Crippen LogP contribution < -0.4 is 0 Å². The van der Waals surface area contributed by atoms with Crippen LogP contribution in [-0.2, 0) is 37.5 Å². The van der Waals surface area contributed by atoms with Crippen molar-refractivity contribution in [1.82, 2.24) is 0 Å². The fraction of sp³-hybridized carbons (Fsp3) is 0.750. The average Bonchev–Trinajstić information content (AvgIpc) is 3.47. The Balaban J connectivity index is 2.50. The Labute approximate surface area is 347 Å². The monoisotopic (exact) mass is 842 g/mol. The van der Waals surface area contributed by atoms with Crippen LogP contribution in [0.2, 0.25) is 0 Å². The summed E-state index contributed by atoms with van der Waals surface area (Å²) >= 11 is 0. The number of phosphoric acid groups is 1. The van der Waals surface area contributed by atoms with E-state index in [0.29, 0.717) is 32.1 Å². The molecule has 1 unspecified atom stereocenters. The number of hydrogen-bond donors (Lipinski definition) is 5. The van der Waals surface area contributed by atoms with E-state index in [1.54, 1.807) is 12.2 Å². The molecule has 1 fully saturated rings. The van der Waals surface area contributed by atoms with Crippen molar-refractivity contribution in [2.24, 2.45) is 11.8 Å². The van der Waals surface area contributed by atoms with Gasteiger partial charge in [-0.2, -0.15) is 0 Å². The van der Waals surface area contributed by atoms with Gasteiger partial charge >= 0.3 is 19.8 Å². The Kier molecular flexibility index (Phi) is 31.6. The van der Waals surface area contributed by atoms with Gasteiger partial charge in [-0.1, -0.05) is 114 Å². The number of aliphatic hydroxyl groups excluding tert-OH is 4. The van der Waals surface area contributed by atoms with E-state index in [9.17, 15) is 39.2 Å². The number of rotatable bonds is 36. The number of phosphoric ester groups is 1. The van der Waals surface area contributed by atoms with E-state index in [2.05, 4.69) is 42.7 Å². The van der Waals surface area contributed by atoms with Gasteiger partial charge in [-0.15, -0.1) is 0 Å². The fourth-order valence-electron chi connectivity index (χ4n) is 6.36. The first-order chi connectivity index (χ1) is 27.9. The quantitative estimate of drug-likeness (QED) is 0.0176. The van der Waals surface area contributed by atoms with Crippen molar-refractivity contribution >= 4 is 25.5 Å². The number of aliphatic hydroxyl groups is 4. The molecule has 14 heteroatoms. The van der Waals surface area contributed by atoms with Gasteiger partial charge in [0.1, 0.15) is 18.5 Å². The molecular formula is C44H75O13P. The number of unbranched alkanes of at least 4 members (excludes halogenated alkanes) is 11. The third-order valence-electron chi connectivity index (χ3n) is 9.83. The van der Waals surface area contributed by atoms with Crippen LogP contribution in [0.4, 0.5) is 0 Å². The van der Waals surface area contributed by atoms with E-state index in [1.165, 1.54) is 19.3 Å². The van der Waals surface area contributed by atoms with E-state index in [-0.39, 0.29) is 31.0 Å². The van der Waals surface area contributed by atoms with Crippen molar-refractivity contribution in [2.75, 3.05) is 26.4 Å². The molecule has 0 radical (unpaired) electrons. The molecule has 0 aliphatic heterocycles. The molecule has 1 rings (SSSR count). The zero-order valence-electron chi connectivity index (χ0n) is 35.2. The van der Waals surface area contributed by atoms with Gasteiger partial charge in [-0.05, 0) is 64.2 Å². The van der Waals surface area contributed by atoms with Crippen molar-refractivity contribution in [3.8, 4) is 0 Å². The van der Waals surface area contributed by atoms with Crippen molar-refractivity contribution in [3.63, 3.8) is 0 Å². The number of ether oxygens (including phenoxy) is 2. The number of ketones is 1. The predicted octanol–water partition coefficient (Wildman–Crippen LogP) is 7.92. The number of hydrogen-bond acceptors (Lipinski definition) is 12. The third kappa shape index (κ3) is 28.1. The molecule has 1 aliphatic carbocycles. The molecule has 5 N–H and O–H groups in total. The summed E-state index contributed by atoms with van der Waals surface area (Å²) in [5.74, 6) is -1.96. The SMILES string of the molecule is CCCCC/C=C\C/C=C\CCCCCCCC(=O)OC[C@H](COP(=O)(O)OC[C@@H](O)CO)OC(=O)CCC/C=C\C[C@H]1[C@@H](O)CC(=O)[C@@H]1/C=C/[C@@H](O)CCCCC. The van der Waals surface area contributed by atoms with E-state index >= 15 is 0 Å². The van der Waals surface area contributed by atoms with Gasteiger partial charge in [0, 0.05) is 31.1 Å². The molecule has 58 heavy (non-hydrogen) atoms. The lowest BCUT2D eigenvalue weighted by Crippen LogP contribution is -2.29. The molecule has 0 bridgehead atoms. The molecule has 334 valence electrons. The van der Waals surface area contributed by atoms with E-state index in [1.807, 2.05) is 12.2 Å². The fourth-order valence-corrected chi connectivity index (χ4v) is 7.15. The summed E-state index contributed by atoms with van der Waals surface area (Å²) in [5, 5.41) is 39.1. The average molecular weight is 843 g/mol. The summed E-state index contributed by atoms with van der Waals surface area (Å²) in [6.45, 7) is 1.91. The molecule has 0 aromatic heterocycles. The van der Waals surface area contributed by atoms with Crippen molar-refractivity contribution in [2.45, 2.75) is 173 Å². The highest BCUT2D eigenvalue weighted by Gasteiger charge is 2.39. The van der Waals surface area contributed by atoms with Crippen LogP contribution in [0.25, 0.3) is 0 Å². The maximum Gasteiger partial charge on any atom is 0.472 e. The third-order valence-corrected chi connectivity index (χ3v) is 10.8. The molecular weight excluding hydrogens is 767 g/mol. The van der Waals surface area contributed by atoms with Gasteiger partial charge in [0.2, 0.25) is 0 Å². The minimum absolute atomic E-state index is 0.0114. The zero-order chi connectivity index (χ0) is 42.9. The number of carbonyl (C=O) groups excluding carboxylic acids is 3. The summed E-state index contributed by atoms with van der Waals surface area (Å²) in [7, 11) is -4.70. The summed E-state index contributed by atoms with van der Waals surface area (Å²) in [5.41, 5.74) is 0. The standard InChI is InChI=1S/C44H75O13P/c1-3-5-7-8-9-10-11-12-13-14-15-16-17-18-23-27-43(50)54-34-38(35-56-58(52,53)55-33-37(47)32-45)57-44(51)28-24-20-19-22-26-39-40(42(49)31-41(39)48)30-29-36(46)25-21-6-4-2/h9-10,12-13,19,22,29-30,36-41,45-48H,3-8,11,14-18,20-21,23-28,31-35H2,1-2H3,(H,52,53)/b10-9-,13-12-,22-19-,30-29+/t36-,37-,38+,39+,40+,41-/m0/s1. The Hall–Kier alpha value is -2.48. The second-order valence-corrected chi connectivity index (χ2v) is 16.6. The van der Waals surface area contributed by atoms with Crippen molar-refractivity contribution in [3.05, 3.63) is 48.6 Å². The molecule has 0 aromatic carbocycles. The summed E-state index contributed by atoms with van der Waals surface area (Å²) in [6, 6.07) is 0. The number of carbonyl (C=O) groups is 3. The van der Waals surface area contributed by atoms with E-state index in [0.717, 1.165) is 64.2 Å². The molecule has 0 amide bonds. The highest BCUT2D eigenvalue weighted by atomic mass is 31.2. The summed E-state index contributed by atoms with van der Waals surface area (Å²) in [6.07, 6.45) is 28.7. The minimum Gasteiger partial charge on any atom is -0.462 e. The molecule has 0 saturated heterocycles. The maximum atomic E-state index is 12.7. The number of Topliss-reactive ketones (excluding diaryl/α,β-unsaturated/α-hetero) is 1. The maximum absolute atomic E-state index is 12.7. The van der Waals surface area contributed by atoms with Crippen molar-refractivity contribution in [1.29, 1.82) is 0 Å². The predicted molar refractivity (Wildman–Crippen MR) is 225 cm³/mol. The van der Waals surface area contributed by atoms with Crippen LogP contribution >= 0.6 is 7.82 Å². The minimum atomic E-state index is -4.70. The Morgan fingerprint density at radius 2 is 1.38 bits per heavy atom. The number of allylic oxidation sites excluding steroid dienone is 7. The van der Waals surface area contributed by atoms with E-state index < -0.39 is 76.5 Å². The van der Waals surface area contributed by atoms with Crippen LogP contribution in [0.5, 0.6) is 0 Å². The van der Waals surface area contributed by atoms with Crippen LogP contribution in [0.15, 0.2) is 48.6 Å². The van der Waals surface area contributed by atoms with Crippen LogP contribution in [0.3, 0.4) is 0 Å². The lowest BCUT2D eigenvalue weighted by molar-refractivity contribution is -0.161. The second kappa shape index (κ2) is 34.3. The lowest BCUT2D eigenvalue weighted by Gasteiger charge is -2.20. The van der Waals surface area contributed by atoms with Crippen LogP contribution in [0.1, 0.15) is 149 Å². The largest absolute Gasteiger partial charge is 0.472 e. The van der Waals surface area contributed by atoms with Crippen LogP contribution in [-0.4, -0.2) is 93.9 Å². The Bertz CT molecular complexity index is 1270. The Morgan fingerprint density at radius 3 is 2.09 bits per heavy atom. The van der Waals surface area contributed by atoms with Gasteiger partial charge in [0.25, 0.3) is 0 Å². The van der Waals surface area contributed by atoms with Gasteiger partial charge in [-0.3, -0.25) is 23.4 Å².